The number of amides is 1. The Kier molecular flexibility index (Phi) is 7.01. The summed E-state index contributed by atoms with van der Waals surface area (Å²) in [5.74, 6) is -0.201. The predicted molar refractivity (Wildman–Crippen MR) is 95.5 cm³/mol. The number of rotatable bonds is 8. The van der Waals surface area contributed by atoms with Crippen LogP contribution in [-0.4, -0.2) is 25.6 Å². The van der Waals surface area contributed by atoms with Gasteiger partial charge in [0.15, 0.2) is 6.61 Å². The number of hydrogen-bond acceptors (Lipinski definition) is 4. The van der Waals surface area contributed by atoms with Crippen LogP contribution in [0.1, 0.15) is 41.7 Å². The molecule has 1 N–H and O–H groups in total. The van der Waals surface area contributed by atoms with Crippen LogP contribution in [0.2, 0.25) is 0 Å². The smallest absolute Gasteiger partial charge is 0.338 e. The Bertz CT molecular complexity index is 683. The molecule has 0 aliphatic heterocycles. The lowest BCUT2D eigenvalue weighted by molar-refractivity contribution is -0.125. The van der Waals surface area contributed by atoms with Gasteiger partial charge in [0, 0.05) is 0 Å². The van der Waals surface area contributed by atoms with Gasteiger partial charge >= 0.3 is 5.97 Å². The zero-order valence-electron chi connectivity index (χ0n) is 14.5. The van der Waals surface area contributed by atoms with Crippen LogP contribution in [0.15, 0.2) is 54.6 Å². The largest absolute Gasteiger partial charge is 0.497 e. The molecule has 0 bridgehead atoms. The van der Waals surface area contributed by atoms with E-state index in [1.54, 1.807) is 31.4 Å². The fraction of sp³-hybridized carbons (Fsp3) is 0.300. The molecule has 0 fully saturated rings. The van der Waals surface area contributed by atoms with Crippen molar-refractivity contribution in [1.82, 2.24) is 5.32 Å². The highest BCUT2D eigenvalue weighted by molar-refractivity contribution is 5.91. The molecule has 0 heterocycles. The topological polar surface area (TPSA) is 64.6 Å². The molecule has 2 aromatic rings. The molecule has 0 saturated heterocycles. The summed E-state index contributed by atoms with van der Waals surface area (Å²) in [7, 11) is 1.55. The maximum atomic E-state index is 12.1. The zero-order valence-corrected chi connectivity index (χ0v) is 14.5. The van der Waals surface area contributed by atoms with E-state index < -0.39 is 5.97 Å². The Morgan fingerprint density at radius 2 is 1.72 bits per heavy atom. The fourth-order valence-electron chi connectivity index (χ4n) is 2.47. The maximum absolute atomic E-state index is 12.1. The van der Waals surface area contributed by atoms with Crippen LogP contribution in [0.4, 0.5) is 0 Å². The molecule has 0 aliphatic rings. The summed E-state index contributed by atoms with van der Waals surface area (Å²) in [4.78, 5) is 24.1. The van der Waals surface area contributed by atoms with Gasteiger partial charge in [0.05, 0.1) is 18.7 Å². The second-order valence-corrected chi connectivity index (χ2v) is 5.62. The summed E-state index contributed by atoms with van der Waals surface area (Å²) in [5.41, 5.74) is 1.42. The Morgan fingerprint density at radius 3 is 2.32 bits per heavy atom. The summed E-state index contributed by atoms with van der Waals surface area (Å²) >= 11 is 0. The van der Waals surface area contributed by atoms with Crippen molar-refractivity contribution in [3.05, 3.63) is 65.7 Å². The fourth-order valence-corrected chi connectivity index (χ4v) is 2.47. The number of hydrogen-bond donors (Lipinski definition) is 1. The molecule has 5 heteroatoms. The molecule has 0 saturated carbocycles. The van der Waals surface area contributed by atoms with E-state index in [9.17, 15) is 9.59 Å². The van der Waals surface area contributed by atoms with Crippen molar-refractivity contribution in [2.45, 2.75) is 25.8 Å². The molecule has 132 valence electrons. The third-order valence-corrected chi connectivity index (χ3v) is 3.77. The first-order chi connectivity index (χ1) is 12.1. The Hall–Kier alpha value is -2.82. The third kappa shape index (κ3) is 5.64. The highest BCUT2D eigenvalue weighted by Gasteiger charge is 2.15. The number of methoxy groups -OCH3 is 1. The summed E-state index contributed by atoms with van der Waals surface area (Å²) in [6.07, 6.45) is 1.76. The van der Waals surface area contributed by atoms with Crippen molar-refractivity contribution in [1.29, 1.82) is 0 Å². The maximum Gasteiger partial charge on any atom is 0.338 e. The summed E-state index contributed by atoms with van der Waals surface area (Å²) in [5, 5.41) is 2.92. The Labute approximate surface area is 148 Å². The van der Waals surface area contributed by atoms with E-state index >= 15 is 0 Å². The van der Waals surface area contributed by atoms with Crippen molar-refractivity contribution >= 4 is 11.9 Å². The van der Waals surface area contributed by atoms with Crippen LogP contribution in [0.3, 0.4) is 0 Å². The second kappa shape index (κ2) is 9.47. The Balaban J connectivity index is 1.88. The van der Waals surface area contributed by atoms with Crippen molar-refractivity contribution in [3.63, 3.8) is 0 Å². The molecular weight excluding hydrogens is 318 g/mol. The monoisotopic (exact) mass is 341 g/mol. The molecule has 0 radical (unpaired) electrons. The van der Waals surface area contributed by atoms with Gasteiger partial charge in [0.2, 0.25) is 0 Å². The van der Waals surface area contributed by atoms with Crippen LogP contribution in [-0.2, 0) is 9.53 Å². The molecule has 5 nitrogen and oxygen atoms in total. The van der Waals surface area contributed by atoms with Gasteiger partial charge in [0.25, 0.3) is 5.91 Å². The van der Waals surface area contributed by atoms with Gasteiger partial charge in [-0.25, -0.2) is 4.79 Å². The van der Waals surface area contributed by atoms with Crippen molar-refractivity contribution < 1.29 is 19.1 Å². The standard InChI is InChI=1S/C20H23NO4/c1-3-7-18(15-8-5-4-6-9-15)21-19(22)14-25-20(23)16-10-12-17(24-2)13-11-16/h4-6,8-13,18H,3,7,14H2,1-2H3,(H,21,22). The number of carbonyl (C=O) groups excluding carboxylic acids is 2. The van der Waals surface area contributed by atoms with E-state index in [1.165, 1.54) is 0 Å². The van der Waals surface area contributed by atoms with Crippen molar-refractivity contribution in [3.8, 4) is 5.75 Å². The lowest BCUT2D eigenvalue weighted by Gasteiger charge is -2.18. The van der Waals surface area contributed by atoms with Crippen molar-refractivity contribution in [2.24, 2.45) is 0 Å². The summed E-state index contributed by atoms with van der Waals surface area (Å²) < 4.78 is 10.1. The lowest BCUT2D eigenvalue weighted by Crippen LogP contribution is -2.32. The minimum absolute atomic E-state index is 0.0848. The lowest BCUT2D eigenvalue weighted by atomic mass is 10.0. The quantitative estimate of drug-likeness (QED) is 0.746. The van der Waals surface area contributed by atoms with Gasteiger partial charge in [-0.1, -0.05) is 43.7 Å². The minimum Gasteiger partial charge on any atom is -0.497 e. The molecule has 1 atom stereocenters. The number of benzene rings is 2. The molecule has 1 unspecified atom stereocenters. The van der Waals surface area contributed by atoms with E-state index in [4.69, 9.17) is 9.47 Å². The van der Waals surface area contributed by atoms with E-state index in [2.05, 4.69) is 12.2 Å². The first-order valence-corrected chi connectivity index (χ1v) is 8.29. The molecular formula is C20H23NO4. The second-order valence-electron chi connectivity index (χ2n) is 5.62. The average Bonchev–Trinajstić information content (AvgIpc) is 2.66. The highest BCUT2D eigenvalue weighted by Crippen LogP contribution is 2.18. The first-order valence-electron chi connectivity index (χ1n) is 8.29. The number of carbonyl (C=O) groups is 2. The minimum atomic E-state index is -0.537. The third-order valence-electron chi connectivity index (χ3n) is 3.77. The Morgan fingerprint density at radius 1 is 1.04 bits per heavy atom. The molecule has 0 spiro atoms. The molecule has 1 amide bonds. The van der Waals surface area contributed by atoms with Crippen LogP contribution in [0, 0.1) is 0 Å². The van der Waals surface area contributed by atoms with Gasteiger partial charge in [-0.2, -0.15) is 0 Å². The van der Waals surface area contributed by atoms with Crippen LogP contribution < -0.4 is 10.1 Å². The molecule has 2 aromatic carbocycles. The summed E-state index contributed by atoms with van der Waals surface area (Å²) in [6.45, 7) is 1.75. The number of ether oxygens (including phenoxy) is 2. The molecule has 25 heavy (non-hydrogen) atoms. The number of esters is 1. The van der Waals surface area contributed by atoms with Gasteiger partial charge in [-0.3, -0.25) is 4.79 Å². The SMILES string of the molecule is CCCC(NC(=O)COC(=O)c1ccc(OC)cc1)c1ccccc1. The summed E-state index contributed by atoms with van der Waals surface area (Å²) in [6, 6.07) is 16.2. The highest BCUT2D eigenvalue weighted by atomic mass is 16.5. The van der Waals surface area contributed by atoms with E-state index in [1.807, 2.05) is 30.3 Å². The van der Waals surface area contributed by atoms with Crippen LogP contribution in [0.25, 0.3) is 0 Å². The number of nitrogens with one attached hydrogen (secondary N) is 1. The van der Waals surface area contributed by atoms with Crippen LogP contribution >= 0.6 is 0 Å². The molecule has 0 aliphatic carbocycles. The predicted octanol–water partition coefficient (Wildman–Crippen LogP) is 3.51. The van der Waals surface area contributed by atoms with Gasteiger partial charge in [-0.15, -0.1) is 0 Å². The first kappa shape index (κ1) is 18.5. The average molecular weight is 341 g/mol. The van der Waals surface area contributed by atoms with Crippen molar-refractivity contribution in [2.75, 3.05) is 13.7 Å². The molecule has 0 aromatic heterocycles. The van der Waals surface area contributed by atoms with Gasteiger partial charge < -0.3 is 14.8 Å². The van der Waals surface area contributed by atoms with Gasteiger partial charge in [-0.05, 0) is 36.2 Å². The molecule has 2 rings (SSSR count). The van der Waals surface area contributed by atoms with E-state index in [0.29, 0.717) is 11.3 Å². The zero-order chi connectivity index (χ0) is 18.1. The van der Waals surface area contributed by atoms with E-state index in [0.717, 1.165) is 18.4 Å². The van der Waals surface area contributed by atoms with E-state index in [-0.39, 0.29) is 18.6 Å². The van der Waals surface area contributed by atoms with Gasteiger partial charge in [0.1, 0.15) is 5.75 Å². The van der Waals surface area contributed by atoms with Crippen LogP contribution in [0.5, 0.6) is 5.75 Å². The normalized spacial score (nSPS) is 11.4.